The summed E-state index contributed by atoms with van der Waals surface area (Å²) in [5.41, 5.74) is 0.271. The first-order chi connectivity index (χ1) is 13.2. The molecule has 7 nitrogen and oxygen atoms in total. The van der Waals surface area contributed by atoms with Crippen LogP contribution in [-0.4, -0.2) is 52.8 Å². The van der Waals surface area contributed by atoms with E-state index in [0.717, 1.165) is 10.6 Å². The number of anilines is 1. The molecule has 152 valence electrons. The topological polar surface area (TPSA) is 87.7 Å². The number of likely N-dealkylation sites (tertiary alicyclic amines) is 1. The largest absolute Gasteiger partial charge is 0.444 e. The molecule has 1 aromatic rings. The fourth-order valence-corrected chi connectivity index (χ4v) is 4.36. The van der Waals surface area contributed by atoms with E-state index >= 15 is 0 Å². The number of hydrogen-bond donors (Lipinski definition) is 2. The number of rotatable bonds is 3. The lowest BCUT2D eigenvalue weighted by atomic mass is 10.0. The molecule has 28 heavy (non-hydrogen) atoms. The van der Waals surface area contributed by atoms with E-state index in [2.05, 4.69) is 10.6 Å². The second-order valence-electron chi connectivity index (χ2n) is 8.10. The van der Waals surface area contributed by atoms with E-state index in [1.165, 1.54) is 11.8 Å². The molecule has 0 aliphatic carbocycles. The minimum absolute atomic E-state index is 0.00173. The van der Waals surface area contributed by atoms with Crippen molar-refractivity contribution in [2.75, 3.05) is 18.4 Å². The average Bonchev–Trinajstić information content (AvgIpc) is 2.61. The minimum atomic E-state index is -0.530. The molecular weight excluding hydrogens is 378 g/mol. The van der Waals surface area contributed by atoms with Crippen molar-refractivity contribution in [2.45, 2.75) is 61.8 Å². The molecule has 2 heterocycles. The number of alkyl carbamates (subject to hydrolysis) is 1. The first-order valence-corrected chi connectivity index (χ1v) is 10.4. The standard InChI is InChI=1S/C20H27N3O4S/c1-20(2,3)27-19(26)21-13-8-10-23(11-9-13)17(24)12-16-18(25)22-14-6-4-5-7-15(14)28-16/h4-7,13,16H,8-12H2,1-3H3,(H,21,26)(H,22,25). The Morgan fingerprint density at radius 1 is 1.25 bits per heavy atom. The number of hydrogen-bond acceptors (Lipinski definition) is 5. The summed E-state index contributed by atoms with van der Waals surface area (Å²) in [6, 6.07) is 7.61. The van der Waals surface area contributed by atoms with Crippen LogP contribution >= 0.6 is 11.8 Å². The Bertz CT molecular complexity index is 754. The molecule has 3 amide bonds. The highest BCUT2D eigenvalue weighted by Gasteiger charge is 2.32. The van der Waals surface area contributed by atoms with E-state index in [0.29, 0.717) is 25.9 Å². The molecule has 2 aliphatic heterocycles. The summed E-state index contributed by atoms with van der Waals surface area (Å²) < 4.78 is 5.28. The molecular formula is C20H27N3O4S. The summed E-state index contributed by atoms with van der Waals surface area (Å²) in [5.74, 6) is -0.152. The molecule has 2 N–H and O–H groups in total. The predicted molar refractivity (Wildman–Crippen MR) is 108 cm³/mol. The maximum atomic E-state index is 12.7. The number of nitrogens with one attached hydrogen (secondary N) is 2. The van der Waals surface area contributed by atoms with Crippen molar-refractivity contribution < 1.29 is 19.1 Å². The number of piperidine rings is 1. The van der Waals surface area contributed by atoms with Crippen LogP contribution in [0.15, 0.2) is 29.2 Å². The highest BCUT2D eigenvalue weighted by atomic mass is 32.2. The maximum Gasteiger partial charge on any atom is 0.407 e. The third-order valence-corrected chi connectivity index (χ3v) is 5.91. The third-order valence-electron chi connectivity index (χ3n) is 4.64. The maximum absolute atomic E-state index is 12.7. The molecule has 0 saturated carbocycles. The first-order valence-electron chi connectivity index (χ1n) is 9.55. The summed E-state index contributed by atoms with van der Waals surface area (Å²) in [6.45, 7) is 6.60. The predicted octanol–water partition coefficient (Wildman–Crippen LogP) is 3.01. The molecule has 2 aliphatic rings. The normalized spacial score (nSPS) is 20.2. The smallest absolute Gasteiger partial charge is 0.407 e. The van der Waals surface area contributed by atoms with Crippen LogP contribution < -0.4 is 10.6 Å². The molecule has 0 radical (unpaired) electrons. The zero-order valence-corrected chi connectivity index (χ0v) is 17.3. The molecule has 1 unspecified atom stereocenters. The summed E-state index contributed by atoms with van der Waals surface area (Å²) in [7, 11) is 0. The molecule has 1 aromatic carbocycles. The van der Waals surface area contributed by atoms with Gasteiger partial charge in [0.2, 0.25) is 11.8 Å². The highest BCUT2D eigenvalue weighted by molar-refractivity contribution is 8.01. The van der Waals surface area contributed by atoms with Gasteiger partial charge in [-0.2, -0.15) is 0 Å². The van der Waals surface area contributed by atoms with E-state index in [9.17, 15) is 14.4 Å². The van der Waals surface area contributed by atoms with E-state index < -0.39 is 16.9 Å². The SMILES string of the molecule is CC(C)(C)OC(=O)NC1CCN(C(=O)CC2Sc3ccccc3NC2=O)CC1. The van der Waals surface area contributed by atoms with E-state index in [4.69, 9.17) is 4.74 Å². The number of carbonyl (C=O) groups is 3. The zero-order chi connectivity index (χ0) is 20.3. The highest BCUT2D eigenvalue weighted by Crippen LogP contribution is 2.36. The molecule has 0 bridgehead atoms. The van der Waals surface area contributed by atoms with Gasteiger partial charge in [-0.05, 0) is 45.7 Å². The van der Waals surface area contributed by atoms with Gasteiger partial charge in [0.15, 0.2) is 0 Å². The van der Waals surface area contributed by atoms with Crippen molar-refractivity contribution in [3.8, 4) is 0 Å². The number of nitrogens with zero attached hydrogens (tertiary/aromatic N) is 1. The fraction of sp³-hybridized carbons (Fsp3) is 0.550. The molecule has 3 rings (SSSR count). The first kappa shape index (κ1) is 20.5. The number of para-hydroxylation sites is 1. The van der Waals surface area contributed by atoms with Gasteiger partial charge >= 0.3 is 6.09 Å². The van der Waals surface area contributed by atoms with Crippen molar-refractivity contribution in [3.63, 3.8) is 0 Å². The monoisotopic (exact) mass is 405 g/mol. The zero-order valence-electron chi connectivity index (χ0n) is 16.5. The van der Waals surface area contributed by atoms with Crippen LogP contribution in [0.2, 0.25) is 0 Å². The Morgan fingerprint density at radius 3 is 2.61 bits per heavy atom. The third kappa shape index (κ3) is 5.41. The Morgan fingerprint density at radius 2 is 1.93 bits per heavy atom. The quantitative estimate of drug-likeness (QED) is 0.807. The van der Waals surface area contributed by atoms with Crippen LogP contribution in [0.5, 0.6) is 0 Å². The summed E-state index contributed by atoms with van der Waals surface area (Å²) in [4.78, 5) is 39.6. The van der Waals surface area contributed by atoms with Gasteiger partial charge in [-0.15, -0.1) is 11.8 Å². The van der Waals surface area contributed by atoms with E-state index in [-0.39, 0.29) is 24.3 Å². The number of thioether (sulfide) groups is 1. The van der Waals surface area contributed by atoms with E-state index in [1.807, 2.05) is 45.0 Å². The van der Waals surface area contributed by atoms with E-state index in [1.54, 1.807) is 4.90 Å². The Kier molecular flexibility index (Phi) is 6.17. The molecule has 0 spiro atoms. The number of carbonyl (C=O) groups excluding carboxylic acids is 3. The Balaban J connectivity index is 1.47. The van der Waals surface area contributed by atoms with Crippen LogP contribution in [0, 0.1) is 0 Å². The molecule has 1 fully saturated rings. The molecule has 8 heteroatoms. The minimum Gasteiger partial charge on any atom is -0.444 e. The number of amides is 3. The number of benzene rings is 1. The second-order valence-corrected chi connectivity index (χ2v) is 9.34. The van der Waals surface area contributed by atoms with Crippen molar-refractivity contribution in [3.05, 3.63) is 24.3 Å². The number of fused-ring (bicyclic) bond motifs is 1. The van der Waals surface area contributed by atoms with Gasteiger partial charge in [-0.1, -0.05) is 12.1 Å². The van der Waals surface area contributed by atoms with Gasteiger partial charge in [0, 0.05) is 30.4 Å². The molecule has 0 aromatic heterocycles. The Hall–Kier alpha value is -2.22. The van der Waals surface area contributed by atoms with Crippen LogP contribution in [0.3, 0.4) is 0 Å². The lowest BCUT2D eigenvalue weighted by molar-refractivity contribution is -0.133. The van der Waals surface area contributed by atoms with Gasteiger partial charge in [0.25, 0.3) is 0 Å². The molecule has 1 atom stereocenters. The lowest BCUT2D eigenvalue weighted by Crippen LogP contribution is -2.48. The Labute approximate surface area is 169 Å². The second kappa shape index (κ2) is 8.43. The average molecular weight is 406 g/mol. The summed E-state index contributed by atoms with van der Waals surface area (Å²) >= 11 is 1.44. The van der Waals surface area contributed by atoms with Crippen molar-refractivity contribution in [2.24, 2.45) is 0 Å². The fourth-order valence-electron chi connectivity index (χ4n) is 3.26. The van der Waals surface area contributed by atoms with Crippen molar-refractivity contribution in [1.82, 2.24) is 10.2 Å². The van der Waals surface area contributed by atoms with Gasteiger partial charge in [-0.25, -0.2) is 4.79 Å². The van der Waals surface area contributed by atoms with Crippen molar-refractivity contribution in [1.29, 1.82) is 0 Å². The molecule has 1 saturated heterocycles. The van der Waals surface area contributed by atoms with Crippen LogP contribution in [0.4, 0.5) is 10.5 Å². The van der Waals surface area contributed by atoms with Crippen LogP contribution in [0.1, 0.15) is 40.0 Å². The van der Waals surface area contributed by atoms with Crippen LogP contribution in [-0.2, 0) is 14.3 Å². The van der Waals surface area contributed by atoms with Crippen molar-refractivity contribution >= 4 is 35.4 Å². The summed E-state index contributed by atoms with van der Waals surface area (Å²) in [6.07, 6.45) is 1.11. The number of ether oxygens (including phenoxy) is 1. The van der Waals surface area contributed by atoms with Crippen LogP contribution in [0.25, 0.3) is 0 Å². The lowest BCUT2D eigenvalue weighted by Gasteiger charge is -2.34. The van der Waals surface area contributed by atoms with Gasteiger partial charge < -0.3 is 20.3 Å². The van der Waals surface area contributed by atoms with Gasteiger partial charge in [0.1, 0.15) is 5.60 Å². The van der Waals surface area contributed by atoms with Gasteiger partial charge in [-0.3, -0.25) is 9.59 Å². The summed E-state index contributed by atoms with van der Waals surface area (Å²) in [5, 5.41) is 5.32. The van der Waals surface area contributed by atoms with Gasteiger partial charge in [0.05, 0.1) is 10.9 Å².